The van der Waals surface area contributed by atoms with Crippen molar-refractivity contribution in [2.75, 3.05) is 18.0 Å². The number of carbonyl (C=O) groups is 1. The molecule has 0 radical (unpaired) electrons. The molecule has 0 aliphatic carbocycles. The summed E-state index contributed by atoms with van der Waals surface area (Å²) in [5, 5.41) is 0. The Hall–Kier alpha value is -2.49. The molecule has 0 aromatic heterocycles. The fourth-order valence-electron chi connectivity index (χ4n) is 2.65. The molecule has 0 saturated carbocycles. The number of hydrogen-bond acceptors (Lipinski definition) is 4. The number of aliphatic imine (C=N–C) groups is 2. The largest absolute Gasteiger partial charge is 0.367 e. The van der Waals surface area contributed by atoms with Crippen LogP contribution in [0.1, 0.15) is 43.6 Å². The van der Waals surface area contributed by atoms with Gasteiger partial charge in [-0.25, -0.2) is 0 Å². The summed E-state index contributed by atoms with van der Waals surface area (Å²) in [6.07, 6.45) is 8.28. The zero-order valence-corrected chi connectivity index (χ0v) is 14.9. The van der Waals surface area contributed by atoms with Crippen LogP contribution in [0.25, 0.3) is 0 Å². The van der Waals surface area contributed by atoms with Gasteiger partial charge in [0.1, 0.15) is 0 Å². The SMILES string of the molecule is C/C=C\N=CC(C)=N/C=C(\C)CN1CCc2ccc(C(C)=O)cc21. The average Bonchev–Trinajstić information content (AvgIpc) is 2.95. The predicted molar refractivity (Wildman–Crippen MR) is 103 cm³/mol. The Labute approximate surface area is 144 Å². The summed E-state index contributed by atoms with van der Waals surface area (Å²) in [7, 11) is 0. The van der Waals surface area contributed by atoms with Crippen LogP contribution in [0.15, 0.2) is 52.2 Å². The van der Waals surface area contributed by atoms with Crippen molar-refractivity contribution in [1.82, 2.24) is 0 Å². The fraction of sp³-hybridized carbons (Fsp3) is 0.350. The standard InChI is InChI=1S/C20H25N3O/c1-5-9-21-13-16(3)22-12-15(2)14-23-10-8-18-6-7-19(17(4)24)11-20(18)23/h5-7,9,11-13H,8,10,14H2,1-4H3/b9-5-,15-12+,21-13?,22-16?. The minimum atomic E-state index is 0.109. The van der Waals surface area contributed by atoms with Gasteiger partial charge in [-0.1, -0.05) is 18.2 Å². The zero-order chi connectivity index (χ0) is 17.5. The molecular formula is C20H25N3O. The van der Waals surface area contributed by atoms with Gasteiger partial charge < -0.3 is 4.90 Å². The van der Waals surface area contributed by atoms with Gasteiger partial charge in [-0.15, -0.1) is 0 Å². The van der Waals surface area contributed by atoms with E-state index in [1.807, 2.05) is 38.3 Å². The highest BCUT2D eigenvalue weighted by molar-refractivity contribution is 6.29. The third-order valence-corrected chi connectivity index (χ3v) is 3.91. The summed E-state index contributed by atoms with van der Waals surface area (Å²) in [5.41, 5.74) is 5.30. The molecule has 126 valence electrons. The first-order chi connectivity index (χ1) is 11.5. The number of Topliss-reactive ketones (excluding diaryl/α,β-unsaturated/α-hetero) is 1. The molecule has 24 heavy (non-hydrogen) atoms. The van der Waals surface area contributed by atoms with Gasteiger partial charge in [0, 0.05) is 43.0 Å². The molecular weight excluding hydrogens is 298 g/mol. The van der Waals surface area contributed by atoms with E-state index in [0.29, 0.717) is 0 Å². The Morgan fingerprint density at radius 3 is 2.79 bits per heavy atom. The summed E-state index contributed by atoms with van der Waals surface area (Å²) >= 11 is 0. The summed E-state index contributed by atoms with van der Waals surface area (Å²) in [4.78, 5) is 22.5. The highest BCUT2D eigenvalue weighted by atomic mass is 16.1. The van der Waals surface area contributed by atoms with E-state index < -0.39 is 0 Å². The van der Waals surface area contributed by atoms with Gasteiger partial charge in [0.25, 0.3) is 0 Å². The van der Waals surface area contributed by atoms with Crippen LogP contribution in [0, 0.1) is 0 Å². The summed E-state index contributed by atoms with van der Waals surface area (Å²) in [6, 6.07) is 6.01. The highest BCUT2D eigenvalue weighted by Gasteiger charge is 2.20. The van der Waals surface area contributed by atoms with Crippen LogP contribution < -0.4 is 4.90 Å². The number of ketones is 1. The highest BCUT2D eigenvalue weighted by Crippen LogP contribution is 2.29. The number of anilines is 1. The van der Waals surface area contributed by atoms with Crippen LogP contribution >= 0.6 is 0 Å². The number of rotatable bonds is 6. The molecule has 1 aliphatic heterocycles. The van der Waals surface area contributed by atoms with Crippen molar-refractivity contribution in [3.63, 3.8) is 0 Å². The van der Waals surface area contributed by atoms with Crippen molar-refractivity contribution < 1.29 is 4.79 Å². The van der Waals surface area contributed by atoms with Gasteiger partial charge in [-0.2, -0.15) is 0 Å². The number of allylic oxidation sites excluding steroid dienone is 1. The second kappa shape index (κ2) is 8.39. The van der Waals surface area contributed by atoms with Crippen LogP contribution in [0.3, 0.4) is 0 Å². The molecule has 4 heteroatoms. The van der Waals surface area contributed by atoms with E-state index in [9.17, 15) is 4.79 Å². The molecule has 1 aromatic rings. The van der Waals surface area contributed by atoms with E-state index in [-0.39, 0.29) is 5.78 Å². The number of carbonyl (C=O) groups excluding carboxylic acids is 1. The van der Waals surface area contributed by atoms with Crippen molar-refractivity contribution in [2.24, 2.45) is 9.98 Å². The van der Waals surface area contributed by atoms with E-state index in [1.54, 1.807) is 19.3 Å². The molecule has 4 nitrogen and oxygen atoms in total. The van der Waals surface area contributed by atoms with Crippen molar-refractivity contribution in [2.45, 2.75) is 34.1 Å². The molecule has 0 saturated heterocycles. The predicted octanol–water partition coefficient (Wildman–Crippen LogP) is 4.22. The zero-order valence-electron chi connectivity index (χ0n) is 14.9. The first kappa shape index (κ1) is 17.9. The summed E-state index contributed by atoms with van der Waals surface area (Å²) in [6.45, 7) is 9.34. The lowest BCUT2D eigenvalue weighted by Gasteiger charge is -2.20. The molecule has 0 spiro atoms. The molecule has 0 atom stereocenters. The van der Waals surface area contributed by atoms with Crippen LogP contribution in [-0.2, 0) is 6.42 Å². The smallest absolute Gasteiger partial charge is 0.159 e. The molecule has 2 rings (SSSR count). The second-order valence-electron chi connectivity index (χ2n) is 6.08. The fourth-order valence-corrected chi connectivity index (χ4v) is 2.65. The molecule has 0 fully saturated rings. The third-order valence-electron chi connectivity index (χ3n) is 3.91. The van der Waals surface area contributed by atoms with Gasteiger partial charge in [0.2, 0.25) is 0 Å². The first-order valence-corrected chi connectivity index (χ1v) is 8.24. The number of fused-ring (bicyclic) bond motifs is 1. The third kappa shape index (κ3) is 4.75. The van der Waals surface area contributed by atoms with Gasteiger partial charge in [0.15, 0.2) is 5.78 Å². The normalized spacial score (nSPS) is 15.6. The van der Waals surface area contributed by atoms with Gasteiger partial charge >= 0.3 is 0 Å². The van der Waals surface area contributed by atoms with Crippen LogP contribution in [0.2, 0.25) is 0 Å². The Bertz CT molecular complexity index is 726. The topological polar surface area (TPSA) is 45.0 Å². The molecule has 1 heterocycles. The van der Waals surface area contributed by atoms with Gasteiger partial charge in [-0.05, 0) is 51.3 Å². The van der Waals surface area contributed by atoms with E-state index in [0.717, 1.165) is 30.8 Å². The Morgan fingerprint density at radius 2 is 2.08 bits per heavy atom. The van der Waals surface area contributed by atoms with Crippen molar-refractivity contribution in [1.29, 1.82) is 0 Å². The lowest BCUT2D eigenvalue weighted by molar-refractivity contribution is 0.101. The van der Waals surface area contributed by atoms with Gasteiger partial charge in [0.05, 0.1) is 5.71 Å². The molecule has 1 aliphatic rings. The van der Waals surface area contributed by atoms with Crippen molar-refractivity contribution in [3.05, 3.63) is 53.4 Å². The summed E-state index contributed by atoms with van der Waals surface area (Å²) < 4.78 is 0. The molecule has 0 bridgehead atoms. The maximum absolute atomic E-state index is 11.6. The Kier molecular flexibility index (Phi) is 6.24. The van der Waals surface area contributed by atoms with Gasteiger partial charge in [-0.3, -0.25) is 14.8 Å². The Morgan fingerprint density at radius 1 is 1.29 bits per heavy atom. The van der Waals surface area contributed by atoms with E-state index in [2.05, 4.69) is 27.9 Å². The maximum atomic E-state index is 11.6. The number of hydrogen-bond donors (Lipinski definition) is 0. The first-order valence-electron chi connectivity index (χ1n) is 8.24. The van der Waals surface area contributed by atoms with E-state index >= 15 is 0 Å². The quantitative estimate of drug-likeness (QED) is 0.581. The van der Waals surface area contributed by atoms with Crippen LogP contribution in [-0.4, -0.2) is 30.8 Å². The summed E-state index contributed by atoms with van der Waals surface area (Å²) in [5.74, 6) is 0.109. The lowest BCUT2D eigenvalue weighted by Crippen LogP contribution is -2.22. The van der Waals surface area contributed by atoms with Crippen LogP contribution in [0.4, 0.5) is 5.69 Å². The lowest BCUT2D eigenvalue weighted by atomic mass is 10.1. The monoisotopic (exact) mass is 323 g/mol. The number of nitrogens with zero attached hydrogens (tertiary/aromatic N) is 3. The molecule has 1 aromatic carbocycles. The minimum Gasteiger partial charge on any atom is -0.367 e. The average molecular weight is 323 g/mol. The van der Waals surface area contributed by atoms with E-state index in [1.165, 1.54) is 16.8 Å². The Balaban J connectivity index is 2.08. The van der Waals surface area contributed by atoms with Crippen molar-refractivity contribution in [3.8, 4) is 0 Å². The van der Waals surface area contributed by atoms with Crippen LogP contribution in [0.5, 0.6) is 0 Å². The molecule has 0 N–H and O–H groups in total. The molecule has 0 amide bonds. The second-order valence-corrected chi connectivity index (χ2v) is 6.08. The molecule has 0 unspecified atom stereocenters. The van der Waals surface area contributed by atoms with Crippen molar-refractivity contribution >= 4 is 23.4 Å². The minimum absolute atomic E-state index is 0.109. The maximum Gasteiger partial charge on any atom is 0.159 e. The number of benzene rings is 1. The van der Waals surface area contributed by atoms with E-state index in [4.69, 9.17) is 0 Å².